The molecule has 6 nitrogen and oxygen atoms in total. The van der Waals surface area contributed by atoms with Gasteiger partial charge in [-0.05, 0) is 18.6 Å². The van der Waals surface area contributed by atoms with Crippen molar-refractivity contribution < 1.29 is 4.79 Å². The third-order valence-corrected chi connectivity index (χ3v) is 5.18. The molecule has 7 heteroatoms. The van der Waals surface area contributed by atoms with Gasteiger partial charge in [0.25, 0.3) is 5.56 Å². The number of hydrogen-bond acceptors (Lipinski definition) is 4. The highest BCUT2D eigenvalue weighted by Gasteiger charge is 2.17. The zero-order valence-corrected chi connectivity index (χ0v) is 18.1. The van der Waals surface area contributed by atoms with Gasteiger partial charge in [0.05, 0.1) is 18.8 Å². The summed E-state index contributed by atoms with van der Waals surface area (Å²) in [6.45, 7) is 8.72. The monoisotopic (exact) mass is 404 g/mol. The van der Waals surface area contributed by atoms with Gasteiger partial charge in [0.15, 0.2) is 5.69 Å². The van der Waals surface area contributed by atoms with Gasteiger partial charge < -0.3 is 4.57 Å². The Kier molecular flexibility index (Phi) is 5.94. The fourth-order valence-electron chi connectivity index (χ4n) is 2.74. The van der Waals surface area contributed by atoms with Crippen molar-refractivity contribution >= 4 is 13.9 Å². The Morgan fingerprint density at radius 2 is 1.83 bits per heavy atom. The van der Waals surface area contributed by atoms with Crippen LogP contribution in [0.1, 0.15) is 27.3 Å². The molecule has 0 N–H and O–H groups in total. The number of benzene rings is 1. The SMILES string of the molecule is Cc1c(C(=O)Cn2cc(C#C[Si](C)(C)C)ccc2=O)nnn1Cc1ccccc1. The highest BCUT2D eigenvalue weighted by Crippen LogP contribution is 2.09. The van der Waals surface area contributed by atoms with Crippen molar-refractivity contribution in [2.75, 3.05) is 0 Å². The van der Waals surface area contributed by atoms with Gasteiger partial charge in [-0.15, -0.1) is 10.6 Å². The van der Waals surface area contributed by atoms with E-state index in [9.17, 15) is 9.59 Å². The standard InChI is InChI=1S/C22H24N4O2Si/c1-17-22(23-24-26(17)15-18-8-6-5-7-9-18)20(27)16-25-14-19(10-11-21(25)28)12-13-29(2,3)4/h5-11,14H,15-16H2,1-4H3. The van der Waals surface area contributed by atoms with E-state index in [1.54, 1.807) is 16.9 Å². The lowest BCUT2D eigenvalue weighted by Crippen LogP contribution is -2.24. The molecule has 2 heterocycles. The van der Waals surface area contributed by atoms with Crippen molar-refractivity contribution in [2.45, 2.75) is 39.7 Å². The fourth-order valence-corrected chi connectivity index (χ4v) is 3.26. The molecule has 0 bridgehead atoms. The maximum Gasteiger partial charge on any atom is 0.251 e. The molecule has 0 amide bonds. The van der Waals surface area contributed by atoms with Crippen molar-refractivity contribution in [3.63, 3.8) is 0 Å². The topological polar surface area (TPSA) is 69.8 Å². The van der Waals surface area contributed by atoms with E-state index in [1.807, 2.05) is 37.3 Å². The predicted molar refractivity (Wildman–Crippen MR) is 116 cm³/mol. The van der Waals surface area contributed by atoms with Crippen LogP contribution in [0.3, 0.4) is 0 Å². The Balaban J connectivity index is 1.80. The fraction of sp³-hybridized carbons (Fsp3) is 0.273. The van der Waals surface area contributed by atoms with Crippen LogP contribution in [0.25, 0.3) is 0 Å². The molecular weight excluding hydrogens is 380 g/mol. The quantitative estimate of drug-likeness (QED) is 0.372. The van der Waals surface area contributed by atoms with E-state index in [-0.39, 0.29) is 23.6 Å². The van der Waals surface area contributed by atoms with Gasteiger partial charge in [-0.1, -0.05) is 61.1 Å². The highest BCUT2D eigenvalue weighted by molar-refractivity contribution is 6.83. The van der Waals surface area contributed by atoms with Gasteiger partial charge in [-0.25, -0.2) is 4.68 Å². The maximum atomic E-state index is 12.8. The van der Waals surface area contributed by atoms with Gasteiger partial charge in [-0.3, -0.25) is 9.59 Å². The molecule has 0 aliphatic rings. The number of hydrogen-bond donors (Lipinski definition) is 0. The van der Waals surface area contributed by atoms with Crippen molar-refractivity contribution in [2.24, 2.45) is 0 Å². The van der Waals surface area contributed by atoms with E-state index in [4.69, 9.17) is 0 Å². The number of pyridine rings is 1. The van der Waals surface area contributed by atoms with Crippen LogP contribution in [-0.4, -0.2) is 33.4 Å². The molecule has 0 fully saturated rings. The molecule has 29 heavy (non-hydrogen) atoms. The average molecular weight is 405 g/mol. The molecule has 0 radical (unpaired) electrons. The average Bonchev–Trinajstić information content (AvgIpc) is 3.03. The summed E-state index contributed by atoms with van der Waals surface area (Å²) in [6, 6.07) is 13.0. The van der Waals surface area contributed by atoms with E-state index < -0.39 is 8.07 Å². The molecule has 0 aliphatic carbocycles. The molecule has 3 rings (SSSR count). The second kappa shape index (κ2) is 8.41. The molecule has 0 spiro atoms. The summed E-state index contributed by atoms with van der Waals surface area (Å²) in [5.74, 6) is 2.87. The summed E-state index contributed by atoms with van der Waals surface area (Å²) in [5.41, 5.74) is 5.79. The van der Waals surface area contributed by atoms with Crippen LogP contribution in [-0.2, 0) is 13.1 Å². The third kappa shape index (κ3) is 5.39. The van der Waals surface area contributed by atoms with Crippen LogP contribution in [0, 0.1) is 18.4 Å². The van der Waals surface area contributed by atoms with Gasteiger partial charge in [0, 0.05) is 17.8 Å². The summed E-state index contributed by atoms with van der Waals surface area (Å²) in [5, 5.41) is 8.17. The Labute approximate surface area is 171 Å². The lowest BCUT2D eigenvalue weighted by Gasteiger charge is -2.06. The summed E-state index contributed by atoms with van der Waals surface area (Å²) < 4.78 is 3.08. The van der Waals surface area contributed by atoms with E-state index in [1.165, 1.54) is 10.6 Å². The van der Waals surface area contributed by atoms with Crippen LogP contribution in [0.5, 0.6) is 0 Å². The van der Waals surface area contributed by atoms with Crippen molar-refractivity contribution in [1.29, 1.82) is 0 Å². The Hall–Kier alpha value is -3.24. The highest BCUT2D eigenvalue weighted by atomic mass is 28.3. The first-order valence-electron chi connectivity index (χ1n) is 9.44. The number of aromatic nitrogens is 4. The van der Waals surface area contributed by atoms with Gasteiger partial charge >= 0.3 is 0 Å². The van der Waals surface area contributed by atoms with E-state index in [0.717, 1.165) is 11.1 Å². The number of ketones is 1. The first-order chi connectivity index (χ1) is 13.7. The second-order valence-electron chi connectivity index (χ2n) is 7.97. The molecule has 0 unspecified atom stereocenters. The molecule has 1 aromatic carbocycles. The number of Topliss-reactive ketones (excluding diaryl/α,β-unsaturated/α-hetero) is 1. The maximum absolute atomic E-state index is 12.8. The molecule has 2 aromatic heterocycles. The molecule has 148 valence electrons. The van der Waals surface area contributed by atoms with E-state index in [0.29, 0.717) is 12.2 Å². The van der Waals surface area contributed by atoms with Crippen molar-refractivity contribution in [3.8, 4) is 11.5 Å². The summed E-state index contributed by atoms with van der Waals surface area (Å²) >= 11 is 0. The smallest absolute Gasteiger partial charge is 0.251 e. The lowest BCUT2D eigenvalue weighted by atomic mass is 10.2. The van der Waals surface area contributed by atoms with Crippen LogP contribution in [0.4, 0.5) is 0 Å². The molecule has 0 saturated carbocycles. The first-order valence-corrected chi connectivity index (χ1v) is 12.9. The van der Waals surface area contributed by atoms with Crippen LogP contribution in [0.15, 0.2) is 53.5 Å². The predicted octanol–water partition coefficient (Wildman–Crippen LogP) is 2.91. The van der Waals surface area contributed by atoms with Crippen molar-refractivity contribution in [3.05, 3.63) is 81.5 Å². The largest absolute Gasteiger partial charge is 0.306 e. The van der Waals surface area contributed by atoms with Crippen LogP contribution in [0.2, 0.25) is 19.6 Å². The van der Waals surface area contributed by atoms with Gasteiger partial charge in [-0.2, -0.15) is 0 Å². The number of carbonyl (C=O) groups is 1. The normalized spacial score (nSPS) is 11.0. The van der Waals surface area contributed by atoms with Gasteiger partial charge in [0.2, 0.25) is 5.78 Å². The van der Waals surface area contributed by atoms with Crippen molar-refractivity contribution in [1.82, 2.24) is 19.6 Å². The summed E-state index contributed by atoms with van der Waals surface area (Å²) in [7, 11) is -1.53. The Morgan fingerprint density at radius 1 is 1.10 bits per heavy atom. The zero-order valence-electron chi connectivity index (χ0n) is 17.1. The summed E-state index contributed by atoms with van der Waals surface area (Å²) in [4.78, 5) is 25.0. The minimum absolute atomic E-state index is 0.0911. The van der Waals surface area contributed by atoms with Gasteiger partial charge in [0.1, 0.15) is 8.07 Å². The molecule has 0 aliphatic heterocycles. The van der Waals surface area contributed by atoms with E-state index >= 15 is 0 Å². The molecule has 3 aromatic rings. The summed E-state index contributed by atoms with van der Waals surface area (Å²) in [6.07, 6.45) is 1.64. The first kappa shape index (κ1) is 20.5. The molecule has 0 atom stereocenters. The molecular formula is C22H24N4O2Si. The lowest BCUT2D eigenvalue weighted by molar-refractivity contribution is 0.0965. The Bertz CT molecular complexity index is 1150. The number of nitrogens with zero attached hydrogens (tertiary/aromatic N) is 4. The third-order valence-electron chi connectivity index (χ3n) is 4.30. The number of carbonyl (C=O) groups excluding carboxylic acids is 1. The van der Waals surface area contributed by atoms with Crippen LogP contribution >= 0.6 is 0 Å². The second-order valence-corrected chi connectivity index (χ2v) is 12.7. The minimum atomic E-state index is -1.53. The zero-order chi connectivity index (χ0) is 21.0. The minimum Gasteiger partial charge on any atom is -0.306 e. The molecule has 0 saturated heterocycles. The number of rotatable bonds is 5. The van der Waals surface area contributed by atoms with E-state index in [2.05, 4.69) is 41.4 Å². The Morgan fingerprint density at radius 3 is 2.52 bits per heavy atom. The van der Waals surface area contributed by atoms with Crippen LogP contribution < -0.4 is 5.56 Å².